The van der Waals surface area contributed by atoms with Crippen molar-refractivity contribution in [3.63, 3.8) is 0 Å². The number of fused-ring (bicyclic) bond motifs is 3. The van der Waals surface area contributed by atoms with Crippen LogP contribution in [0.4, 0.5) is 0 Å². The van der Waals surface area contributed by atoms with Gasteiger partial charge in [-0.2, -0.15) is 0 Å². The highest BCUT2D eigenvalue weighted by Crippen LogP contribution is 2.44. The second kappa shape index (κ2) is 3.67. The molecule has 4 heteroatoms. The molecule has 0 bridgehead atoms. The Morgan fingerprint density at radius 3 is 3.00 bits per heavy atom. The van der Waals surface area contributed by atoms with Gasteiger partial charge in [0, 0.05) is 11.5 Å². The molecule has 0 spiro atoms. The first-order valence-corrected chi connectivity index (χ1v) is 6.23. The summed E-state index contributed by atoms with van der Waals surface area (Å²) < 4.78 is 7.56. The van der Waals surface area contributed by atoms with Crippen LogP contribution in [0.2, 0.25) is 0 Å². The maximum Gasteiger partial charge on any atom is 0.0956 e. The minimum Gasteiger partial charge on any atom is -0.390 e. The highest BCUT2D eigenvalue weighted by molar-refractivity contribution is 5.69. The summed E-state index contributed by atoms with van der Waals surface area (Å²) in [7, 11) is 0. The quantitative estimate of drug-likeness (QED) is 0.823. The van der Waals surface area contributed by atoms with Gasteiger partial charge in [-0.1, -0.05) is 24.3 Å². The molecule has 3 atom stereocenters. The third-order valence-electron chi connectivity index (χ3n) is 4.02. The first kappa shape index (κ1) is 10.3. The lowest BCUT2D eigenvalue weighted by Gasteiger charge is -2.23. The predicted octanol–water partition coefficient (Wildman–Crippen LogP) is 1.46. The van der Waals surface area contributed by atoms with Crippen molar-refractivity contribution >= 4 is 0 Å². The van der Waals surface area contributed by atoms with Gasteiger partial charge in [0.15, 0.2) is 0 Å². The van der Waals surface area contributed by atoms with Crippen LogP contribution in [0.1, 0.15) is 11.6 Å². The van der Waals surface area contributed by atoms with Crippen molar-refractivity contribution in [2.45, 2.75) is 12.1 Å². The molecule has 4 nitrogen and oxygen atoms in total. The Balaban J connectivity index is 1.89. The van der Waals surface area contributed by atoms with Crippen molar-refractivity contribution < 1.29 is 9.84 Å². The molecule has 0 saturated carbocycles. The van der Waals surface area contributed by atoms with Crippen LogP contribution in [0.5, 0.6) is 0 Å². The molecule has 1 aromatic carbocycles. The van der Waals surface area contributed by atoms with Crippen molar-refractivity contribution in [2.75, 3.05) is 13.2 Å². The number of aromatic nitrogens is 2. The van der Waals surface area contributed by atoms with Crippen LogP contribution in [-0.4, -0.2) is 34.0 Å². The fourth-order valence-electron chi connectivity index (χ4n) is 3.17. The van der Waals surface area contributed by atoms with Gasteiger partial charge < -0.3 is 14.4 Å². The zero-order valence-corrected chi connectivity index (χ0v) is 9.86. The number of ether oxygens (including phenoxy) is 1. The van der Waals surface area contributed by atoms with Crippen LogP contribution < -0.4 is 0 Å². The average Bonchev–Trinajstić information content (AvgIpc) is 3.05. The molecule has 2 aliphatic rings. The topological polar surface area (TPSA) is 47.3 Å². The predicted molar refractivity (Wildman–Crippen MR) is 66.1 cm³/mol. The minimum atomic E-state index is -0.392. The zero-order valence-electron chi connectivity index (χ0n) is 9.86. The number of hydrogen-bond donors (Lipinski definition) is 1. The van der Waals surface area contributed by atoms with Crippen LogP contribution >= 0.6 is 0 Å². The van der Waals surface area contributed by atoms with E-state index in [0.29, 0.717) is 13.2 Å². The van der Waals surface area contributed by atoms with E-state index in [-0.39, 0.29) is 12.0 Å². The van der Waals surface area contributed by atoms with Gasteiger partial charge in [0.2, 0.25) is 0 Å². The fraction of sp³-hybridized carbons (Fsp3) is 0.357. The summed E-state index contributed by atoms with van der Waals surface area (Å²) in [5.41, 5.74) is 3.62. The Labute approximate surface area is 105 Å². The lowest BCUT2D eigenvalue weighted by molar-refractivity contribution is 0.111. The van der Waals surface area contributed by atoms with Crippen molar-refractivity contribution in [3.8, 4) is 11.3 Å². The number of imidazole rings is 1. The SMILES string of the molecule is O[C@H]1COC[C@@H]1C1c2ccccc2-c2cncn21. The monoisotopic (exact) mass is 242 g/mol. The van der Waals surface area contributed by atoms with Gasteiger partial charge in [-0.3, -0.25) is 0 Å². The molecule has 3 heterocycles. The standard InChI is InChI=1S/C14H14N2O2/c17-13-7-18-6-11(13)14-10-4-2-1-3-9(10)12-5-15-8-16(12)14/h1-5,8,11,13-14,17H,6-7H2/t11-,13-,14?/m0/s1. The van der Waals surface area contributed by atoms with Gasteiger partial charge in [-0.15, -0.1) is 0 Å². The molecule has 2 aromatic rings. The van der Waals surface area contributed by atoms with E-state index in [1.54, 1.807) is 0 Å². The molecule has 92 valence electrons. The highest BCUT2D eigenvalue weighted by atomic mass is 16.5. The second-order valence-corrected chi connectivity index (χ2v) is 4.99. The molecular formula is C14H14N2O2. The molecule has 1 saturated heterocycles. The van der Waals surface area contributed by atoms with E-state index in [0.717, 1.165) is 5.69 Å². The number of rotatable bonds is 1. The summed E-state index contributed by atoms with van der Waals surface area (Å²) in [6.45, 7) is 1.05. The highest BCUT2D eigenvalue weighted by Gasteiger charge is 2.40. The third-order valence-corrected chi connectivity index (χ3v) is 4.02. The Kier molecular flexibility index (Phi) is 2.10. The number of nitrogens with zero attached hydrogens (tertiary/aromatic N) is 2. The largest absolute Gasteiger partial charge is 0.390 e. The fourth-order valence-corrected chi connectivity index (χ4v) is 3.17. The normalized spacial score (nSPS) is 29.3. The smallest absolute Gasteiger partial charge is 0.0956 e. The summed E-state index contributed by atoms with van der Waals surface area (Å²) in [6, 6.07) is 8.49. The van der Waals surface area contributed by atoms with Gasteiger partial charge in [0.1, 0.15) is 0 Å². The van der Waals surface area contributed by atoms with Crippen molar-refractivity contribution in [3.05, 3.63) is 42.4 Å². The first-order valence-electron chi connectivity index (χ1n) is 6.23. The van der Waals surface area contributed by atoms with E-state index in [4.69, 9.17) is 4.74 Å². The number of hydrogen-bond acceptors (Lipinski definition) is 3. The van der Waals surface area contributed by atoms with E-state index >= 15 is 0 Å². The van der Waals surface area contributed by atoms with Gasteiger partial charge in [-0.05, 0) is 5.56 Å². The van der Waals surface area contributed by atoms with Crippen LogP contribution in [0, 0.1) is 5.92 Å². The van der Waals surface area contributed by atoms with Crippen LogP contribution in [0.15, 0.2) is 36.8 Å². The van der Waals surface area contributed by atoms with E-state index < -0.39 is 6.10 Å². The maximum absolute atomic E-state index is 10.1. The average molecular weight is 242 g/mol. The summed E-state index contributed by atoms with van der Waals surface area (Å²) >= 11 is 0. The Bertz CT molecular complexity index is 593. The Morgan fingerprint density at radius 1 is 1.28 bits per heavy atom. The number of aliphatic hydroxyl groups excluding tert-OH is 1. The lowest BCUT2D eigenvalue weighted by atomic mass is 9.90. The molecule has 2 aliphatic heterocycles. The lowest BCUT2D eigenvalue weighted by Crippen LogP contribution is -2.27. The molecule has 0 radical (unpaired) electrons. The van der Waals surface area contributed by atoms with Crippen molar-refractivity contribution in [1.29, 1.82) is 0 Å². The zero-order chi connectivity index (χ0) is 12.1. The summed E-state index contributed by atoms with van der Waals surface area (Å²) in [4.78, 5) is 4.23. The molecular weight excluding hydrogens is 228 g/mol. The van der Waals surface area contributed by atoms with Gasteiger partial charge in [-0.25, -0.2) is 4.98 Å². The molecule has 4 rings (SSSR count). The van der Waals surface area contributed by atoms with Crippen LogP contribution in [0.25, 0.3) is 11.3 Å². The molecule has 0 aliphatic carbocycles. The second-order valence-electron chi connectivity index (χ2n) is 4.99. The number of benzene rings is 1. The molecule has 1 aromatic heterocycles. The van der Waals surface area contributed by atoms with Crippen LogP contribution in [-0.2, 0) is 4.74 Å². The molecule has 1 fully saturated rings. The summed E-state index contributed by atoms with van der Waals surface area (Å²) in [5, 5.41) is 10.1. The Hall–Kier alpha value is -1.65. The van der Waals surface area contributed by atoms with Gasteiger partial charge in [0.25, 0.3) is 0 Å². The first-order chi connectivity index (χ1) is 8.86. The maximum atomic E-state index is 10.1. The molecule has 18 heavy (non-hydrogen) atoms. The van der Waals surface area contributed by atoms with Crippen molar-refractivity contribution in [2.24, 2.45) is 5.92 Å². The van der Waals surface area contributed by atoms with E-state index in [2.05, 4.69) is 21.7 Å². The molecule has 1 unspecified atom stereocenters. The summed E-state index contributed by atoms with van der Waals surface area (Å²) in [5.74, 6) is 0.113. The van der Waals surface area contributed by atoms with E-state index in [9.17, 15) is 5.11 Å². The van der Waals surface area contributed by atoms with Crippen molar-refractivity contribution in [1.82, 2.24) is 9.55 Å². The molecule has 1 N–H and O–H groups in total. The molecule has 0 amide bonds. The van der Waals surface area contributed by atoms with Gasteiger partial charge in [0.05, 0.1) is 43.6 Å². The third kappa shape index (κ3) is 1.24. The Morgan fingerprint density at radius 2 is 2.17 bits per heavy atom. The van der Waals surface area contributed by atoms with Crippen LogP contribution in [0.3, 0.4) is 0 Å². The van der Waals surface area contributed by atoms with E-state index in [1.807, 2.05) is 24.7 Å². The summed E-state index contributed by atoms with van der Waals surface area (Å²) in [6.07, 6.45) is 3.35. The minimum absolute atomic E-state index is 0.113. The van der Waals surface area contributed by atoms with E-state index in [1.165, 1.54) is 11.1 Å². The van der Waals surface area contributed by atoms with Gasteiger partial charge >= 0.3 is 0 Å². The number of aliphatic hydroxyl groups is 1.